The first kappa shape index (κ1) is 18.0. The summed E-state index contributed by atoms with van der Waals surface area (Å²) in [5.74, 6) is 0. The van der Waals surface area contributed by atoms with Gasteiger partial charge in [0.2, 0.25) is 0 Å². The second-order valence-corrected chi connectivity index (χ2v) is 6.36. The van der Waals surface area contributed by atoms with Crippen LogP contribution < -0.4 is 5.32 Å². The van der Waals surface area contributed by atoms with Gasteiger partial charge in [0.1, 0.15) is 0 Å². The van der Waals surface area contributed by atoms with Crippen molar-refractivity contribution in [2.75, 3.05) is 6.61 Å². The van der Waals surface area contributed by atoms with Crippen molar-refractivity contribution in [3.63, 3.8) is 0 Å². The third-order valence-corrected chi connectivity index (χ3v) is 4.19. The molecule has 0 aliphatic carbocycles. The number of amides is 1. The first-order valence-electron chi connectivity index (χ1n) is 8.39. The number of halogens is 1. The highest BCUT2D eigenvalue weighted by Crippen LogP contribution is 2.10. The maximum Gasteiger partial charge on any atom is 0.407 e. The smallest absolute Gasteiger partial charge is 0.407 e. The molecule has 0 aliphatic heterocycles. The number of hydrogen-bond acceptors (Lipinski definition) is 3. The van der Waals surface area contributed by atoms with Crippen molar-refractivity contribution >= 4 is 17.7 Å². The van der Waals surface area contributed by atoms with E-state index in [0.29, 0.717) is 24.6 Å². The standard InChI is InChI=1S/C20H20ClN3O2/c21-18-7-5-17(6-8-18)12-23-20(25)26-10-9-15-1-3-16(4-2-15)11-19-13-22-14-24-19/h1-8,13-14H,9-12H2,(H,22,24)(H,23,25). The molecule has 1 heterocycles. The van der Waals surface area contributed by atoms with Gasteiger partial charge in [0, 0.05) is 30.6 Å². The molecule has 0 spiro atoms. The number of benzene rings is 2. The van der Waals surface area contributed by atoms with E-state index in [0.717, 1.165) is 23.2 Å². The number of aromatic nitrogens is 2. The molecule has 2 N–H and O–H groups in total. The van der Waals surface area contributed by atoms with Gasteiger partial charge >= 0.3 is 6.09 Å². The molecular formula is C20H20ClN3O2. The Hall–Kier alpha value is -2.79. The predicted octanol–water partition coefficient (Wildman–Crippen LogP) is 4.12. The van der Waals surface area contributed by atoms with Crippen molar-refractivity contribution in [3.8, 4) is 0 Å². The van der Waals surface area contributed by atoms with Crippen LogP contribution in [0.4, 0.5) is 4.79 Å². The topological polar surface area (TPSA) is 67.0 Å². The minimum absolute atomic E-state index is 0.338. The van der Waals surface area contributed by atoms with Gasteiger partial charge in [-0.15, -0.1) is 0 Å². The number of aromatic amines is 1. The van der Waals surface area contributed by atoms with E-state index in [2.05, 4.69) is 39.6 Å². The molecule has 5 nitrogen and oxygen atoms in total. The Morgan fingerprint density at radius 1 is 1.04 bits per heavy atom. The first-order chi connectivity index (χ1) is 12.7. The number of carbonyl (C=O) groups excluding carboxylic acids is 1. The predicted molar refractivity (Wildman–Crippen MR) is 101 cm³/mol. The second-order valence-electron chi connectivity index (χ2n) is 5.92. The van der Waals surface area contributed by atoms with Crippen LogP contribution >= 0.6 is 11.6 Å². The molecule has 0 radical (unpaired) electrons. The summed E-state index contributed by atoms with van der Waals surface area (Å²) in [7, 11) is 0. The van der Waals surface area contributed by atoms with E-state index >= 15 is 0 Å². The number of nitrogens with zero attached hydrogens (tertiary/aromatic N) is 1. The molecule has 1 aromatic heterocycles. The van der Waals surface area contributed by atoms with Crippen LogP contribution in [0.1, 0.15) is 22.4 Å². The summed E-state index contributed by atoms with van der Waals surface area (Å²) in [6.45, 7) is 0.753. The molecule has 134 valence electrons. The molecule has 6 heteroatoms. The van der Waals surface area contributed by atoms with Crippen LogP contribution in [0.3, 0.4) is 0 Å². The van der Waals surface area contributed by atoms with E-state index in [4.69, 9.17) is 16.3 Å². The summed E-state index contributed by atoms with van der Waals surface area (Å²) < 4.78 is 5.22. The Kier molecular flexibility index (Phi) is 6.28. The zero-order valence-electron chi connectivity index (χ0n) is 14.2. The van der Waals surface area contributed by atoms with Gasteiger partial charge in [-0.25, -0.2) is 9.78 Å². The molecule has 1 amide bonds. The van der Waals surface area contributed by atoms with Gasteiger partial charge < -0.3 is 15.0 Å². The summed E-state index contributed by atoms with van der Waals surface area (Å²) in [6, 6.07) is 15.6. The number of nitrogens with one attached hydrogen (secondary N) is 2. The van der Waals surface area contributed by atoms with Crippen LogP contribution in [0.2, 0.25) is 5.02 Å². The fourth-order valence-corrected chi connectivity index (χ4v) is 2.64. The molecule has 0 saturated carbocycles. The summed E-state index contributed by atoms with van der Waals surface area (Å²) in [5, 5.41) is 3.40. The SMILES string of the molecule is O=C(NCc1ccc(Cl)cc1)OCCc1ccc(Cc2c[nH]cn2)cc1. The molecule has 2 aromatic carbocycles. The van der Waals surface area contributed by atoms with Gasteiger partial charge in [0.25, 0.3) is 0 Å². The molecule has 26 heavy (non-hydrogen) atoms. The average molecular weight is 370 g/mol. The van der Waals surface area contributed by atoms with Crippen molar-refractivity contribution < 1.29 is 9.53 Å². The number of ether oxygens (including phenoxy) is 1. The third kappa shape index (κ3) is 5.63. The highest BCUT2D eigenvalue weighted by atomic mass is 35.5. The number of H-pyrrole nitrogens is 1. The largest absolute Gasteiger partial charge is 0.449 e. The van der Waals surface area contributed by atoms with E-state index in [-0.39, 0.29) is 0 Å². The Labute approximate surface area is 157 Å². The van der Waals surface area contributed by atoms with Gasteiger partial charge in [0.05, 0.1) is 18.6 Å². The van der Waals surface area contributed by atoms with Gasteiger partial charge in [-0.2, -0.15) is 0 Å². The molecule has 0 bridgehead atoms. The Bertz CT molecular complexity index is 815. The second kappa shape index (κ2) is 9.06. The molecule has 0 saturated heterocycles. The fourth-order valence-electron chi connectivity index (χ4n) is 2.51. The third-order valence-electron chi connectivity index (χ3n) is 3.94. The summed E-state index contributed by atoms with van der Waals surface area (Å²) in [4.78, 5) is 18.9. The molecule has 0 unspecified atom stereocenters. The Morgan fingerprint density at radius 2 is 1.73 bits per heavy atom. The number of rotatable bonds is 7. The number of alkyl carbamates (subject to hydrolysis) is 1. The first-order valence-corrected chi connectivity index (χ1v) is 8.77. The molecular weight excluding hydrogens is 350 g/mol. The molecule has 3 rings (SSSR count). The van der Waals surface area contributed by atoms with E-state index in [1.807, 2.05) is 18.3 Å². The van der Waals surface area contributed by atoms with Crippen molar-refractivity contribution in [2.45, 2.75) is 19.4 Å². The van der Waals surface area contributed by atoms with Crippen LogP contribution in [0.25, 0.3) is 0 Å². The average Bonchev–Trinajstić information content (AvgIpc) is 3.16. The molecule has 0 fully saturated rings. The van der Waals surface area contributed by atoms with Gasteiger partial charge in [-0.3, -0.25) is 0 Å². The van der Waals surface area contributed by atoms with Crippen molar-refractivity contribution in [1.82, 2.24) is 15.3 Å². The maximum absolute atomic E-state index is 11.7. The highest BCUT2D eigenvalue weighted by molar-refractivity contribution is 6.30. The fraction of sp³-hybridized carbons (Fsp3) is 0.200. The lowest BCUT2D eigenvalue weighted by Gasteiger charge is -2.08. The van der Waals surface area contributed by atoms with E-state index in [1.165, 1.54) is 5.56 Å². The lowest BCUT2D eigenvalue weighted by Crippen LogP contribution is -2.24. The number of imidazole rings is 1. The summed E-state index contributed by atoms with van der Waals surface area (Å²) >= 11 is 5.83. The van der Waals surface area contributed by atoms with Gasteiger partial charge in [-0.1, -0.05) is 48.0 Å². The van der Waals surface area contributed by atoms with Crippen molar-refractivity contribution in [3.05, 3.63) is 88.5 Å². The number of hydrogen-bond donors (Lipinski definition) is 2. The van der Waals surface area contributed by atoms with Gasteiger partial charge in [0.15, 0.2) is 0 Å². The molecule has 0 aliphatic rings. The van der Waals surface area contributed by atoms with Crippen LogP contribution in [-0.4, -0.2) is 22.7 Å². The molecule has 3 aromatic rings. The summed E-state index contributed by atoms with van der Waals surface area (Å²) in [5.41, 5.74) is 4.31. The minimum atomic E-state index is -0.421. The number of carbonyl (C=O) groups is 1. The van der Waals surface area contributed by atoms with Crippen LogP contribution in [0, 0.1) is 0 Å². The van der Waals surface area contributed by atoms with Crippen LogP contribution in [0.5, 0.6) is 0 Å². The van der Waals surface area contributed by atoms with E-state index in [1.54, 1.807) is 18.5 Å². The van der Waals surface area contributed by atoms with Crippen LogP contribution in [0.15, 0.2) is 61.1 Å². The minimum Gasteiger partial charge on any atom is -0.449 e. The van der Waals surface area contributed by atoms with Gasteiger partial charge in [-0.05, 0) is 28.8 Å². The van der Waals surface area contributed by atoms with E-state index < -0.39 is 6.09 Å². The Morgan fingerprint density at radius 3 is 2.42 bits per heavy atom. The van der Waals surface area contributed by atoms with Crippen molar-refractivity contribution in [1.29, 1.82) is 0 Å². The summed E-state index contributed by atoms with van der Waals surface area (Å²) in [6.07, 6.45) is 4.63. The van der Waals surface area contributed by atoms with E-state index in [9.17, 15) is 4.79 Å². The van der Waals surface area contributed by atoms with Crippen molar-refractivity contribution in [2.24, 2.45) is 0 Å². The maximum atomic E-state index is 11.7. The monoisotopic (exact) mass is 369 g/mol. The lowest BCUT2D eigenvalue weighted by molar-refractivity contribution is 0.147. The lowest BCUT2D eigenvalue weighted by atomic mass is 10.1. The Balaban J connectivity index is 1.37. The highest BCUT2D eigenvalue weighted by Gasteiger charge is 2.03. The quantitative estimate of drug-likeness (QED) is 0.658. The molecule has 0 atom stereocenters. The normalized spacial score (nSPS) is 10.5. The zero-order valence-corrected chi connectivity index (χ0v) is 15.0. The van der Waals surface area contributed by atoms with Crippen LogP contribution in [-0.2, 0) is 24.1 Å². The zero-order chi connectivity index (χ0) is 18.2.